The van der Waals surface area contributed by atoms with Gasteiger partial charge in [-0.25, -0.2) is 4.79 Å². The van der Waals surface area contributed by atoms with Gasteiger partial charge in [0.2, 0.25) is 5.91 Å². The zero-order valence-electron chi connectivity index (χ0n) is 15.4. The normalized spacial score (nSPS) is 9.93. The lowest BCUT2D eigenvalue weighted by Gasteiger charge is -2.08. The summed E-state index contributed by atoms with van der Waals surface area (Å²) in [6.07, 6.45) is -0.208. The smallest absolute Gasteiger partial charge is 0.407 e. The molecule has 29 heavy (non-hydrogen) atoms. The number of nitro groups is 1. The van der Waals surface area contributed by atoms with Crippen LogP contribution in [-0.4, -0.2) is 29.4 Å². The molecule has 0 aliphatic heterocycles. The van der Waals surface area contributed by atoms with Crippen molar-refractivity contribution in [3.8, 4) is 0 Å². The molecular weight excluding hydrogens is 380 g/mol. The van der Waals surface area contributed by atoms with Crippen LogP contribution in [0.3, 0.4) is 0 Å². The van der Waals surface area contributed by atoms with E-state index in [4.69, 9.17) is 4.74 Å². The number of hydrazine groups is 1. The first-order chi connectivity index (χ1) is 14.0. The van der Waals surface area contributed by atoms with Gasteiger partial charge in [0, 0.05) is 30.7 Å². The molecule has 2 rings (SSSR count). The second-order valence-corrected chi connectivity index (χ2v) is 5.90. The number of carbonyl (C=O) groups excluding carboxylic acids is 3. The zero-order chi connectivity index (χ0) is 21.1. The maximum atomic E-state index is 11.9. The lowest BCUT2D eigenvalue weighted by atomic mass is 10.2. The third-order valence-electron chi connectivity index (χ3n) is 3.70. The van der Waals surface area contributed by atoms with Crippen molar-refractivity contribution in [2.24, 2.45) is 0 Å². The second-order valence-electron chi connectivity index (χ2n) is 5.90. The van der Waals surface area contributed by atoms with Gasteiger partial charge in [-0.15, -0.1) is 0 Å². The Morgan fingerprint density at radius 2 is 1.76 bits per heavy atom. The van der Waals surface area contributed by atoms with Gasteiger partial charge < -0.3 is 10.1 Å². The first-order valence-corrected chi connectivity index (χ1v) is 8.74. The Bertz CT molecular complexity index is 872. The van der Waals surface area contributed by atoms with Crippen molar-refractivity contribution in [2.45, 2.75) is 19.4 Å². The highest BCUT2D eigenvalue weighted by Crippen LogP contribution is 2.12. The Hall–Kier alpha value is -3.95. The Morgan fingerprint density at radius 3 is 2.48 bits per heavy atom. The van der Waals surface area contributed by atoms with Crippen LogP contribution in [0.5, 0.6) is 0 Å². The van der Waals surface area contributed by atoms with Crippen LogP contribution in [0.2, 0.25) is 0 Å². The molecule has 0 aliphatic rings. The molecule has 152 valence electrons. The molecule has 3 amide bonds. The van der Waals surface area contributed by atoms with E-state index in [1.165, 1.54) is 18.2 Å². The average Bonchev–Trinajstić information content (AvgIpc) is 2.74. The van der Waals surface area contributed by atoms with E-state index < -0.39 is 22.8 Å². The Labute approximate surface area is 166 Å². The predicted octanol–water partition coefficient (Wildman–Crippen LogP) is 2.06. The summed E-state index contributed by atoms with van der Waals surface area (Å²) in [6, 6.07) is 14.3. The van der Waals surface area contributed by atoms with Gasteiger partial charge in [0.05, 0.1) is 4.92 Å². The minimum Gasteiger partial charge on any atom is -0.445 e. The second kappa shape index (κ2) is 11.0. The summed E-state index contributed by atoms with van der Waals surface area (Å²) in [7, 11) is 0. The third-order valence-corrected chi connectivity index (χ3v) is 3.70. The number of rotatable bonds is 8. The van der Waals surface area contributed by atoms with E-state index in [2.05, 4.69) is 16.2 Å². The van der Waals surface area contributed by atoms with Gasteiger partial charge in [-0.05, 0) is 18.1 Å². The number of nitrogens with one attached hydrogen (secondary N) is 3. The third kappa shape index (κ3) is 7.67. The molecule has 10 heteroatoms. The highest BCUT2D eigenvalue weighted by Gasteiger charge is 2.12. The average molecular weight is 400 g/mol. The summed E-state index contributed by atoms with van der Waals surface area (Å²) in [6.45, 7) is 0.372. The number of carbonyl (C=O) groups is 3. The summed E-state index contributed by atoms with van der Waals surface area (Å²) in [5.41, 5.74) is 5.07. The molecule has 0 saturated carbocycles. The molecular formula is C19H20N4O6. The van der Waals surface area contributed by atoms with Crippen molar-refractivity contribution in [1.29, 1.82) is 0 Å². The van der Waals surface area contributed by atoms with Crippen molar-refractivity contribution in [3.05, 3.63) is 75.8 Å². The fourth-order valence-electron chi connectivity index (χ4n) is 2.24. The van der Waals surface area contributed by atoms with Crippen molar-refractivity contribution in [3.63, 3.8) is 0 Å². The molecule has 0 aliphatic carbocycles. The monoisotopic (exact) mass is 400 g/mol. The number of nitro benzene ring substituents is 1. The highest BCUT2D eigenvalue weighted by molar-refractivity contribution is 5.95. The summed E-state index contributed by atoms with van der Waals surface area (Å²) in [4.78, 5) is 45.3. The summed E-state index contributed by atoms with van der Waals surface area (Å²) in [5.74, 6) is -1.15. The van der Waals surface area contributed by atoms with Gasteiger partial charge in [-0.1, -0.05) is 36.4 Å². The van der Waals surface area contributed by atoms with Gasteiger partial charge >= 0.3 is 6.09 Å². The number of amides is 3. The molecule has 0 saturated heterocycles. The SMILES string of the molecule is O=C(CCCNC(=O)OCc1ccccc1)NNC(=O)c1cccc([N+](=O)[O-])c1. The van der Waals surface area contributed by atoms with E-state index in [-0.39, 0.29) is 30.8 Å². The molecule has 0 atom stereocenters. The molecule has 0 aromatic heterocycles. The Kier molecular flexibility index (Phi) is 8.11. The molecule has 0 bridgehead atoms. The number of ether oxygens (including phenoxy) is 1. The predicted molar refractivity (Wildman–Crippen MR) is 103 cm³/mol. The minimum atomic E-state index is -0.676. The van der Waals surface area contributed by atoms with E-state index in [0.717, 1.165) is 11.6 Å². The van der Waals surface area contributed by atoms with Crippen LogP contribution in [-0.2, 0) is 16.1 Å². The minimum absolute atomic E-state index is 0.0438. The van der Waals surface area contributed by atoms with Crippen LogP contribution in [0.25, 0.3) is 0 Å². The topological polar surface area (TPSA) is 140 Å². The summed E-state index contributed by atoms with van der Waals surface area (Å²) < 4.78 is 5.03. The van der Waals surface area contributed by atoms with Crippen molar-refractivity contribution in [2.75, 3.05) is 6.54 Å². The first kappa shape index (κ1) is 21.4. The van der Waals surface area contributed by atoms with E-state index in [0.29, 0.717) is 6.42 Å². The lowest BCUT2D eigenvalue weighted by Crippen LogP contribution is -2.41. The molecule has 0 unspecified atom stereocenters. The van der Waals surface area contributed by atoms with E-state index in [1.54, 1.807) is 0 Å². The molecule has 0 spiro atoms. The lowest BCUT2D eigenvalue weighted by molar-refractivity contribution is -0.384. The van der Waals surface area contributed by atoms with Crippen LogP contribution in [0.4, 0.5) is 10.5 Å². The molecule has 10 nitrogen and oxygen atoms in total. The zero-order valence-corrected chi connectivity index (χ0v) is 15.4. The van der Waals surface area contributed by atoms with Crippen LogP contribution >= 0.6 is 0 Å². The van der Waals surface area contributed by atoms with Gasteiger partial charge in [0.15, 0.2) is 0 Å². The number of hydrogen-bond donors (Lipinski definition) is 3. The maximum absolute atomic E-state index is 11.9. The van der Waals surface area contributed by atoms with Gasteiger partial charge in [-0.2, -0.15) is 0 Å². The van der Waals surface area contributed by atoms with Crippen LogP contribution < -0.4 is 16.2 Å². The van der Waals surface area contributed by atoms with Crippen LogP contribution in [0.15, 0.2) is 54.6 Å². The first-order valence-electron chi connectivity index (χ1n) is 8.74. The van der Waals surface area contributed by atoms with Crippen molar-refractivity contribution >= 4 is 23.6 Å². The number of non-ortho nitro benzene ring substituents is 1. The van der Waals surface area contributed by atoms with E-state index in [1.807, 2.05) is 30.3 Å². The Morgan fingerprint density at radius 1 is 1.00 bits per heavy atom. The van der Waals surface area contributed by atoms with Crippen LogP contribution in [0, 0.1) is 10.1 Å². The van der Waals surface area contributed by atoms with Gasteiger partial charge in [0.25, 0.3) is 11.6 Å². The number of alkyl carbamates (subject to hydrolysis) is 1. The number of benzene rings is 2. The van der Waals surface area contributed by atoms with E-state index in [9.17, 15) is 24.5 Å². The fraction of sp³-hybridized carbons (Fsp3) is 0.211. The standard InChI is InChI=1S/C19H20N4O6/c24-17(21-22-18(25)15-8-4-9-16(12-15)23(27)28)10-5-11-20-19(26)29-13-14-6-2-1-3-7-14/h1-4,6-9,12H,5,10-11,13H2,(H,20,26)(H,21,24)(H,22,25). The molecule has 2 aromatic carbocycles. The fourth-order valence-corrected chi connectivity index (χ4v) is 2.24. The quantitative estimate of drug-likeness (QED) is 0.352. The maximum Gasteiger partial charge on any atom is 0.407 e. The van der Waals surface area contributed by atoms with Gasteiger partial charge in [-0.3, -0.25) is 30.6 Å². The summed E-state index contributed by atoms with van der Waals surface area (Å²) in [5, 5.41) is 13.2. The molecule has 3 N–H and O–H groups in total. The Balaban J connectivity index is 1.61. The molecule has 0 radical (unpaired) electrons. The van der Waals surface area contributed by atoms with Gasteiger partial charge in [0.1, 0.15) is 6.61 Å². The number of hydrogen-bond acceptors (Lipinski definition) is 6. The largest absolute Gasteiger partial charge is 0.445 e. The van der Waals surface area contributed by atoms with Crippen molar-refractivity contribution < 1.29 is 24.0 Å². The molecule has 2 aromatic rings. The van der Waals surface area contributed by atoms with Crippen LogP contribution in [0.1, 0.15) is 28.8 Å². The summed E-state index contributed by atoms with van der Waals surface area (Å²) >= 11 is 0. The highest BCUT2D eigenvalue weighted by atomic mass is 16.6. The number of nitrogens with zero attached hydrogens (tertiary/aromatic N) is 1. The van der Waals surface area contributed by atoms with E-state index >= 15 is 0 Å². The molecule has 0 fully saturated rings. The van der Waals surface area contributed by atoms with Crippen molar-refractivity contribution in [1.82, 2.24) is 16.2 Å². The molecule has 0 heterocycles.